The fraction of sp³-hybridized carbons (Fsp3) is 0.348. The molecule has 2 aromatic rings. The number of aromatic nitrogens is 4. The molecule has 0 radical (unpaired) electrons. The number of nitrogen functional groups attached to an aromatic ring is 1. The Morgan fingerprint density at radius 2 is 1.49 bits per heavy atom. The van der Waals surface area contributed by atoms with Crippen LogP contribution in [-0.4, -0.2) is 93.2 Å². The van der Waals surface area contributed by atoms with Crippen molar-refractivity contribution in [2.75, 3.05) is 38.9 Å². The van der Waals surface area contributed by atoms with E-state index in [9.17, 15) is 23.7 Å². The van der Waals surface area contributed by atoms with Crippen molar-refractivity contribution in [2.24, 2.45) is 0 Å². The number of carbonyl (C=O) groups is 4. The summed E-state index contributed by atoms with van der Waals surface area (Å²) in [7, 11) is -4.08. The minimum absolute atomic E-state index is 0.0895. The van der Waals surface area contributed by atoms with Gasteiger partial charge in [-0.25, -0.2) is 34.1 Å². The summed E-state index contributed by atoms with van der Waals surface area (Å²) in [6, 6.07) is 0. The van der Waals surface area contributed by atoms with Crippen LogP contribution >= 0.6 is 7.60 Å². The monoisotopic (exact) mass is 631 g/mol. The van der Waals surface area contributed by atoms with Gasteiger partial charge in [-0.2, -0.15) is 0 Å². The molecule has 4 N–H and O–H groups in total. The van der Waals surface area contributed by atoms with Crippen LogP contribution in [-0.2, 0) is 53.4 Å². The van der Waals surface area contributed by atoms with Gasteiger partial charge in [-0.1, -0.05) is 25.3 Å². The lowest BCUT2D eigenvalue weighted by Gasteiger charge is -2.20. The molecule has 43 heavy (non-hydrogen) atoms. The number of fused-ring (bicyclic) bond motifs is 1. The van der Waals surface area contributed by atoms with E-state index in [1.807, 2.05) is 0 Å². The summed E-state index contributed by atoms with van der Waals surface area (Å²) in [5, 5.41) is 15.6. The number of hydrogen-bond donors (Lipinski definition) is 3. The molecular weight excluding hydrogens is 601 g/mol. The van der Waals surface area contributed by atoms with Crippen LogP contribution in [0.15, 0.2) is 50.1 Å². The summed E-state index contributed by atoms with van der Waals surface area (Å²) >= 11 is 0. The second kappa shape index (κ2) is 19.3. The van der Waals surface area contributed by atoms with Gasteiger partial charge in [-0.15, -0.1) is 0 Å². The number of carboxylic acid groups (broad SMARTS) is 2. The first kappa shape index (κ1) is 36.2. The highest BCUT2D eigenvalue weighted by Crippen LogP contribution is 2.48. The summed E-state index contributed by atoms with van der Waals surface area (Å²) in [5.74, 6) is -2.29. The second-order valence-corrected chi connectivity index (χ2v) is 9.53. The van der Waals surface area contributed by atoms with Gasteiger partial charge in [0, 0.05) is 12.2 Å². The minimum Gasteiger partial charge on any atom is -0.478 e. The maximum Gasteiger partial charge on any atom is 0.510 e. The molecule has 2 heterocycles. The Bertz CT molecular complexity index is 1280. The number of ether oxygens (including phenoxy) is 5. The summed E-state index contributed by atoms with van der Waals surface area (Å²) in [6.45, 7) is 6.97. The van der Waals surface area contributed by atoms with Crippen LogP contribution < -0.4 is 5.73 Å². The molecule has 1 atom stereocenters. The number of imidazole rings is 1. The number of hydrogen-bond acceptors (Lipinski definition) is 16. The van der Waals surface area contributed by atoms with Crippen LogP contribution in [0.25, 0.3) is 11.2 Å². The third kappa shape index (κ3) is 15.1. The first-order chi connectivity index (χ1) is 20.4. The smallest absolute Gasteiger partial charge is 0.478 e. The quantitative estimate of drug-likeness (QED) is 0.0743. The van der Waals surface area contributed by atoms with Crippen LogP contribution in [0, 0.1) is 0 Å². The molecule has 0 aromatic carbocycles. The summed E-state index contributed by atoms with van der Waals surface area (Å²) in [4.78, 5) is 54.1. The van der Waals surface area contributed by atoms with Crippen molar-refractivity contribution in [3.63, 3.8) is 0 Å². The van der Waals surface area contributed by atoms with Crippen LogP contribution in [0.2, 0.25) is 0 Å². The van der Waals surface area contributed by atoms with Crippen molar-refractivity contribution in [2.45, 2.75) is 19.6 Å². The molecule has 19 nitrogen and oxygen atoms in total. The zero-order valence-corrected chi connectivity index (χ0v) is 23.7. The Hall–Kier alpha value is -4.84. The maximum absolute atomic E-state index is 13.0. The van der Waals surface area contributed by atoms with Gasteiger partial charge in [0.15, 0.2) is 11.5 Å². The number of rotatable bonds is 17. The van der Waals surface area contributed by atoms with E-state index in [0.29, 0.717) is 23.3 Å². The van der Waals surface area contributed by atoms with E-state index in [2.05, 4.69) is 47.1 Å². The lowest BCUT2D eigenvalue weighted by Crippen LogP contribution is -2.19. The Labute approximate surface area is 244 Å². The van der Waals surface area contributed by atoms with Gasteiger partial charge < -0.3 is 44.2 Å². The molecular formula is C23H30N5O14P. The molecule has 0 amide bonds. The lowest BCUT2D eigenvalue weighted by atomic mass is 10.4. The predicted molar refractivity (Wildman–Crippen MR) is 144 cm³/mol. The number of anilines is 1. The molecule has 0 fully saturated rings. The number of nitrogens with zero attached hydrogens (tertiary/aromatic N) is 4. The molecule has 0 saturated carbocycles. The molecule has 2 rings (SSSR count). The lowest BCUT2D eigenvalue weighted by molar-refractivity contribution is -0.134. The molecule has 0 aliphatic heterocycles. The highest BCUT2D eigenvalue weighted by atomic mass is 31.2. The van der Waals surface area contributed by atoms with E-state index in [4.69, 9.17) is 29.7 Å². The first-order valence-corrected chi connectivity index (χ1v) is 13.5. The van der Waals surface area contributed by atoms with E-state index < -0.39 is 57.9 Å². The van der Waals surface area contributed by atoms with Gasteiger partial charge in [0.2, 0.25) is 13.6 Å². The molecule has 0 aliphatic carbocycles. The van der Waals surface area contributed by atoms with E-state index >= 15 is 0 Å². The third-order valence-electron chi connectivity index (χ3n) is 4.26. The molecule has 0 bridgehead atoms. The Kier molecular flexibility index (Phi) is 16.3. The van der Waals surface area contributed by atoms with Gasteiger partial charge in [0.25, 0.3) is 0 Å². The fourth-order valence-corrected chi connectivity index (χ4v) is 3.57. The molecule has 20 heteroatoms. The highest BCUT2D eigenvalue weighted by molar-refractivity contribution is 7.53. The number of aliphatic carboxylic acids is 2. The van der Waals surface area contributed by atoms with Crippen LogP contribution in [0.1, 0.15) is 6.92 Å². The second-order valence-electron chi connectivity index (χ2n) is 7.54. The Morgan fingerprint density at radius 1 is 0.953 bits per heavy atom. The number of carbonyl (C=O) groups excluding carboxylic acids is 2. The van der Waals surface area contributed by atoms with Crippen molar-refractivity contribution in [1.82, 2.24) is 19.5 Å². The van der Waals surface area contributed by atoms with Crippen LogP contribution in [0.3, 0.4) is 0 Å². The van der Waals surface area contributed by atoms with Crippen molar-refractivity contribution in [3.05, 3.63) is 50.1 Å². The van der Waals surface area contributed by atoms with Gasteiger partial charge in [0.05, 0.1) is 19.0 Å². The van der Waals surface area contributed by atoms with E-state index in [-0.39, 0.29) is 25.6 Å². The zero-order valence-electron chi connectivity index (χ0n) is 22.8. The standard InChI is InChI=1S/C19H26N5O10P.C4H4O4/c1-4-6-28-18(25)30-11-33-35(27,34-12-31-19(26)29-7-5-2)13-32-14(3)8-24-10-23-15-16(20)21-9-22-17(15)24;5-3(6)1-2-4(7)8/h4-5,9-10,14H,1-2,6-8,11-13H2,3H3,(H2,20,21,22);1-2H,(H,5,6)(H,7,8)/b;2-1+/t14-;/m1./s1. The summed E-state index contributed by atoms with van der Waals surface area (Å²) < 4.78 is 49.0. The Balaban J connectivity index is 0.00000101. The molecule has 0 aliphatic rings. The SMILES string of the molecule is C=CCOC(=O)OCOP(=O)(CO[C@H](C)Cn1cnc2c(N)ncnc21)OCOC(=O)OCC=C.O=C(O)/C=C/C(=O)O. The third-order valence-corrected chi connectivity index (χ3v) is 5.72. The number of carboxylic acids is 2. The van der Waals surface area contributed by atoms with E-state index in [1.165, 1.54) is 24.8 Å². The molecule has 0 spiro atoms. The maximum atomic E-state index is 13.0. The molecule has 0 saturated heterocycles. The number of nitrogens with two attached hydrogens (primary N) is 1. The average Bonchev–Trinajstić information content (AvgIpc) is 3.37. The summed E-state index contributed by atoms with van der Waals surface area (Å²) in [5.41, 5.74) is 6.69. The van der Waals surface area contributed by atoms with Gasteiger partial charge in [-0.05, 0) is 6.92 Å². The van der Waals surface area contributed by atoms with Crippen molar-refractivity contribution >= 4 is 48.8 Å². The van der Waals surface area contributed by atoms with Crippen LogP contribution in [0.5, 0.6) is 0 Å². The van der Waals surface area contributed by atoms with Gasteiger partial charge in [-0.3, -0.25) is 13.6 Å². The van der Waals surface area contributed by atoms with Crippen molar-refractivity contribution in [1.29, 1.82) is 0 Å². The highest BCUT2D eigenvalue weighted by Gasteiger charge is 2.28. The van der Waals surface area contributed by atoms with E-state index in [1.54, 1.807) is 11.5 Å². The van der Waals surface area contributed by atoms with Crippen molar-refractivity contribution in [3.8, 4) is 0 Å². The normalized spacial score (nSPS) is 11.6. The molecule has 0 unspecified atom stereocenters. The fourth-order valence-electron chi connectivity index (χ4n) is 2.48. The summed E-state index contributed by atoms with van der Waals surface area (Å²) in [6.07, 6.45) is 3.31. The topological polar surface area (TPSA) is 260 Å². The van der Waals surface area contributed by atoms with Gasteiger partial charge in [0.1, 0.15) is 31.4 Å². The largest absolute Gasteiger partial charge is 0.510 e. The van der Waals surface area contributed by atoms with Crippen LogP contribution in [0.4, 0.5) is 15.4 Å². The average molecular weight is 631 g/mol. The molecule has 2 aromatic heterocycles. The predicted octanol–water partition coefficient (Wildman–Crippen LogP) is 2.30. The molecule has 236 valence electrons. The zero-order chi connectivity index (χ0) is 32.3. The van der Waals surface area contributed by atoms with Crippen molar-refractivity contribution < 1.29 is 66.7 Å². The minimum atomic E-state index is -4.08. The Morgan fingerprint density at radius 3 is 1.98 bits per heavy atom. The first-order valence-electron chi connectivity index (χ1n) is 11.8. The van der Waals surface area contributed by atoms with E-state index in [0.717, 1.165) is 0 Å². The van der Waals surface area contributed by atoms with Gasteiger partial charge >= 0.3 is 31.8 Å².